The van der Waals surface area contributed by atoms with Crippen LogP contribution in [-0.4, -0.2) is 17.8 Å². The molecule has 1 aliphatic heterocycles. The van der Waals surface area contributed by atoms with Crippen molar-refractivity contribution in [2.24, 2.45) is 0 Å². The molecule has 0 spiro atoms. The fourth-order valence-electron chi connectivity index (χ4n) is 1.94. The van der Waals surface area contributed by atoms with Gasteiger partial charge in [-0.15, -0.1) is 0 Å². The summed E-state index contributed by atoms with van der Waals surface area (Å²) in [6, 6.07) is 10.9. The Bertz CT molecular complexity index is 769. The summed E-state index contributed by atoms with van der Waals surface area (Å²) in [5.74, 6) is 0.232. The van der Waals surface area contributed by atoms with Crippen LogP contribution < -0.4 is 25.6 Å². The molecule has 2 aromatic carbocycles. The molecule has 0 saturated carbocycles. The summed E-state index contributed by atoms with van der Waals surface area (Å²) in [7, 11) is 0. The van der Waals surface area contributed by atoms with E-state index in [2.05, 4.69) is 16.2 Å². The number of benzene rings is 2. The van der Waals surface area contributed by atoms with Crippen molar-refractivity contribution in [2.45, 2.75) is 0 Å². The lowest BCUT2D eigenvalue weighted by molar-refractivity contribution is 0.0943. The third-order valence-corrected chi connectivity index (χ3v) is 3.25. The predicted molar refractivity (Wildman–Crippen MR) is 85.8 cm³/mol. The normalized spacial score (nSPS) is 11.7. The van der Waals surface area contributed by atoms with Crippen LogP contribution >= 0.6 is 12.2 Å². The minimum atomic E-state index is -0.446. The van der Waals surface area contributed by atoms with Gasteiger partial charge in [0.15, 0.2) is 16.6 Å². The Balaban J connectivity index is 1.56. The largest absolute Gasteiger partial charge is 0.454 e. The van der Waals surface area contributed by atoms with Crippen LogP contribution in [0.4, 0.5) is 10.1 Å². The van der Waals surface area contributed by atoms with Crippen molar-refractivity contribution in [1.29, 1.82) is 0 Å². The standard InChI is InChI=1S/C15H12FN3O3S/c16-10-3-1-2-4-11(10)17-15(23)19-18-14(20)9-5-6-12-13(7-9)22-8-21-12/h1-7H,8H2,(H,18,20)(H2,17,19,23). The summed E-state index contributed by atoms with van der Waals surface area (Å²) in [5, 5.41) is 2.70. The second kappa shape index (κ2) is 6.49. The molecule has 8 heteroatoms. The number of para-hydroxylation sites is 1. The zero-order chi connectivity index (χ0) is 16.2. The van der Waals surface area contributed by atoms with Crippen LogP contribution in [0, 0.1) is 5.82 Å². The summed E-state index contributed by atoms with van der Waals surface area (Å²) in [6.07, 6.45) is 0. The summed E-state index contributed by atoms with van der Waals surface area (Å²) < 4.78 is 23.9. The molecule has 0 aromatic heterocycles. The van der Waals surface area contributed by atoms with Gasteiger partial charge in [-0.25, -0.2) is 4.39 Å². The van der Waals surface area contributed by atoms with Gasteiger partial charge in [-0.2, -0.15) is 0 Å². The van der Waals surface area contributed by atoms with Crippen LogP contribution in [0.5, 0.6) is 11.5 Å². The number of carbonyl (C=O) groups excluding carboxylic acids is 1. The molecular weight excluding hydrogens is 321 g/mol. The van der Waals surface area contributed by atoms with E-state index in [1.165, 1.54) is 12.1 Å². The van der Waals surface area contributed by atoms with Crippen molar-refractivity contribution >= 4 is 28.9 Å². The molecule has 1 heterocycles. The van der Waals surface area contributed by atoms with Crippen molar-refractivity contribution < 1.29 is 18.7 Å². The smallest absolute Gasteiger partial charge is 0.269 e. The van der Waals surface area contributed by atoms with Crippen molar-refractivity contribution in [1.82, 2.24) is 10.9 Å². The average Bonchev–Trinajstić information content (AvgIpc) is 3.02. The van der Waals surface area contributed by atoms with Gasteiger partial charge in [0.1, 0.15) is 5.82 Å². The second-order valence-corrected chi connectivity index (χ2v) is 4.99. The molecule has 0 saturated heterocycles. The first-order chi connectivity index (χ1) is 11.1. The molecule has 0 fully saturated rings. The van der Waals surface area contributed by atoms with Crippen LogP contribution in [0.2, 0.25) is 0 Å². The van der Waals surface area contributed by atoms with Crippen molar-refractivity contribution in [2.75, 3.05) is 12.1 Å². The number of carbonyl (C=O) groups is 1. The SMILES string of the molecule is O=C(NNC(=S)Nc1ccccc1F)c1ccc2c(c1)OCO2. The van der Waals surface area contributed by atoms with Crippen molar-refractivity contribution in [3.05, 3.63) is 53.8 Å². The highest BCUT2D eigenvalue weighted by molar-refractivity contribution is 7.80. The summed E-state index contributed by atoms with van der Waals surface area (Å²) in [6.45, 7) is 0.134. The highest BCUT2D eigenvalue weighted by atomic mass is 32.1. The molecular formula is C15H12FN3O3S. The summed E-state index contributed by atoms with van der Waals surface area (Å²) in [5.41, 5.74) is 5.51. The molecule has 3 rings (SSSR count). The molecule has 0 unspecified atom stereocenters. The minimum absolute atomic E-state index is 0.0594. The number of ether oxygens (including phenoxy) is 2. The van der Waals surface area contributed by atoms with Gasteiger partial charge in [0.2, 0.25) is 6.79 Å². The van der Waals surface area contributed by atoms with Gasteiger partial charge in [0.05, 0.1) is 5.69 Å². The zero-order valence-electron chi connectivity index (χ0n) is 11.8. The number of anilines is 1. The number of hydrogen-bond acceptors (Lipinski definition) is 4. The van der Waals surface area contributed by atoms with Gasteiger partial charge in [-0.05, 0) is 42.5 Å². The number of rotatable bonds is 2. The van der Waals surface area contributed by atoms with Crippen molar-refractivity contribution in [3.8, 4) is 11.5 Å². The number of thiocarbonyl (C=S) groups is 1. The maximum absolute atomic E-state index is 13.5. The Kier molecular flexibility index (Phi) is 4.24. The van der Waals surface area contributed by atoms with Crippen LogP contribution in [0.1, 0.15) is 10.4 Å². The fraction of sp³-hybridized carbons (Fsp3) is 0.0667. The topological polar surface area (TPSA) is 71.6 Å². The average molecular weight is 333 g/mol. The van der Waals surface area contributed by atoms with Crippen LogP contribution in [0.25, 0.3) is 0 Å². The zero-order valence-corrected chi connectivity index (χ0v) is 12.6. The highest BCUT2D eigenvalue weighted by Crippen LogP contribution is 2.32. The van der Waals surface area contributed by atoms with E-state index in [1.807, 2.05) is 0 Å². The van der Waals surface area contributed by atoms with Gasteiger partial charge < -0.3 is 14.8 Å². The first kappa shape index (κ1) is 15.0. The van der Waals surface area contributed by atoms with E-state index in [0.717, 1.165) is 0 Å². The van der Waals surface area contributed by atoms with E-state index in [4.69, 9.17) is 21.7 Å². The lowest BCUT2D eigenvalue weighted by Gasteiger charge is -2.12. The Morgan fingerprint density at radius 1 is 1.09 bits per heavy atom. The van der Waals surface area contributed by atoms with Gasteiger partial charge in [-0.1, -0.05) is 12.1 Å². The van der Waals surface area contributed by atoms with Gasteiger partial charge in [0.25, 0.3) is 5.91 Å². The molecule has 0 atom stereocenters. The van der Waals surface area contributed by atoms with Crippen LogP contribution in [-0.2, 0) is 0 Å². The Hall–Kier alpha value is -2.87. The van der Waals surface area contributed by atoms with E-state index in [-0.39, 0.29) is 17.6 Å². The first-order valence-electron chi connectivity index (χ1n) is 6.65. The monoisotopic (exact) mass is 333 g/mol. The van der Waals surface area contributed by atoms with Gasteiger partial charge in [0, 0.05) is 5.56 Å². The number of nitrogens with one attached hydrogen (secondary N) is 3. The maximum Gasteiger partial charge on any atom is 0.269 e. The molecule has 0 radical (unpaired) electrons. The molecule has 1 amide bonds. The number of fused-ring (bicyclic) bond motifs is 1. The fourth-order valence-corrected chi connectivity index (χ4v) is 2.10. The molecule has 6 nitrogen and oxygen atoms in total. The molecule has 3 N–H and O–H groups in total. The van der Waals surface area contributed by atoms with Crippen molar-refractivity contribution in [3.63, 3.8) is 0 Å². The highest BCUT2D eigenvalue weighted by Gasteiger charge is 2.16. The van der Waals surface area contributed by atoms with Crippen LogP contribution in [0.3, 0.4) is 0 Å². The number of hydrogen-bond donors (Lipinski definition) is 3. The third kappa shape index (κ3) is 3.49. The van der Waals surface area contributed by atoms with Gasteiger partial charge in [-0.3, -0.25) is 15.6 Å². The lowest BCUT2D eigenvalue weighted by atomic mass is 10.2. The first-order valence-corrected chi connectivity index (χ1v) is 7.06. The quantitative estimate of drug-likeness (QED) is 0.578. The predicted octanol–water partition coefficient (Wildman–Crippen LogP) is 2.19. The van der Waals surface area contributed by atoms with E-state index in [1.54, 1.807) is 30.3 Å². The number of amides is 1. The van der Waals surface area contributed by atoms with Gasteiger partial charge >= 0.3 is 0 Å². The molecule has 0 bridgehead atoms. The van der Waals surface area contributed by atoms with E-state index in [0.29, 0.717) is 17.1 Å². The number of hydrazine groups is 1. The van der Waals surface area contributed by atoms with E-state index in [9.17, 15) is 9.18 Å². The second-order valence-electron chi connectivity index (χ2n) is 4.58. The third-order valence-electron chi connectivity index (χ3n) is 3.05. The van der Waals surface area contributed by atoms with E-state index < -0.39 is 11.7 Å². The summed E-state index contributed by atoms with van der Waals surface area (Å²) in [4.78, 5) is 12.0. The van der Waals surface area contributed by atoms with E-state index >= 15 is 0 Å². The molecule has 2 aromatic rings. The molecule has 1 aliphatic rings. The Labute approximate surface area is 136 Å². The number of halogens is 1. The minimum Gasteiger partial charge on any atom is -0.454 e. The lowest BCUT2D eigenvalue weighted by Crippen LogP contribution is -2.43. The van der Waals surface area contributed by atoms with Crippen LogP contribution in [0.15, 0.2) is 42.5 Å². The molecule has 23 heavy (non-hydrogen) atoms. The Morgan fingerprint density at radius 2 is 1.87 bits per heavy atom. The maximum atomic E-state index is 13.5. The molecule has 0 aliphatic carbocycles. The molecule has 118 valence electrons. The Morgan fingerprint density at radius 3 is 2.70 bits per heavy atom. The summed E-state index contributed by atoms with van der Waals surface area (Å²) >= 11 is 5.00.